The van der Waals surface area contributed by atoms with Crippen molar-refractivity contribution in [1.82, 2.24) is 20.2 Å². The Balaban J connectivity index is 1.64. The molecule has 1 heterocycles. The number of rotatable bonds is 10. The fourth-order valence-corrected chi connectivity index (χ4v) is 4.28. The summed E-state index contributed by atoms with van der Waals surface area (Å²) < 4.78 is 52.8. The third-order valence-corrected chi connectivity index (χ3v) is 6.32. The highest BCUT2D eigenvalue weighted by Gasteiger charge is 2.32. The van der Waals surface area contributed by atoms with Gasteiger partial charge in [-0.1, -0.05) is 36.4 Å². The maximum atomic E-state index is 13.0. The van der Waals surface area contributed by atoms with Crippen molar-refractivity contribution >= 4 is 35.7 Å². The predicted molar refractivity (Wildman–Crippen MR) is 185 cm³/mol. The molecule has 51 heavy (non-hydrogen) atoms. The third kappa shape index (κ3) is 14.4. The van der Waals surface area contributed by atoms with Crippen LogP contribution in [0.4, 0.5) is 39.2 Å². The van der Waals surface area contributed by atoms with Crippen LogP contribution >= 0.6 is 0 Å². The van der Waals surface area contributed by atoms with Gasteiger partial charge in [0.2, 0.25) is 5.95 Å². The number of nitrogens with one attached hydrogen (secondary N) is 4. The second-order valence-electron chi connectivity index (χ2n) is 13.1. The highest BCUT2D eigenvalue weighted by molar-refractivity contribution is 5.99. The van der Waals surface area contributed by atoms with Crippen molar-refractivity contribution in [3.8, 4) is 16.9 Å². The highest BCUT2D eigenvalue weighted by atomic mass is 19.4. The van der Waals surface area contributed by atoms with Crippen LogP contribution in [0.5, 0.6) is 5.75 Å². The molecule has 4 amide bonds. The van der Waals surface area contributed by atoms with Gasteiger partial charge in [-0.15, -0.1) is 13.2 Å². The quantitative estimate of drug-likeness (QED) is 0.0973. The summed E-state index contributed by atoms with van der Waals surface area (Å²) in [5.41, 5.74) is -0.922. The van der Waals surface area contributed by atoms with E-state index in [1.165, 1.54) is 29.3 Å². The van der Waals surface area contributed by atoms with Gasteiger partial charge in [0.15, 0.2) is 5.75 Å². The average molecular weight is 718 g/mol. The number of hydrogen-bond donors (Lipinski definition) is 4. The van der Waals surface area contributed by atoms with Gasteiger partial charge in [0.25, 0.3) is 5.56 Å². The maximum absolute atomic E-state index is 13.0. The Hall–Kier alpha value is -5.61. The van der Waals surface area contributed by atoms with Gasteiger partial charge >= 0.3 is 24.6 Å². The van der Waals surface area contributed by atoms with Crippen LogP contribution in [-0.4, -0.2) is 69.6 Å². The molecule has 276 valence electrons. The van der Waals surface area contributed by atoms with Crippen LogP contribution in [0.3, 0.4) is 0 Å². The van der Waals surface area contributed by atoms with E-state index in [9.17, 15) is 32.3 Å². The first-order valence-corrected chi connectivity index (χ1v) is 15.8. The number of H-pyrrole nitrogens is 1. The summed E-state index contributed by atoms with van der Waals surface area (Å²) in [5, 5.41) is 7.52. The topological polar surface area (TPSA) is 176 Å². The molecular formula is C34H42F3N7O7. The number of amidine groups is 1. The minimum Gasteiger partial charge on any atom is -0.444 e. The van der Waals surface area contributed by atoms with Crippen LogP contribution < -0.4 is 26.2 Å². The molecule has 0 spiro atoms. The number of aliphatic imine (C=N–C) groups is 1. The van der Waals surface area contributed by atoms with Crippen LogP contribution in [-0.2, 0) is 16.0 Å². The Morgan fingerprint density at radius 2 is 1.57 bits per heavy atom. The number of benzene rings is 2. The molecule has 4 N–H and O–H groups in total. The summed E-state index contributed by atoms with van der Waals surface area (Å²) in [6, 6.07) is 10.8. The van der Waals surface area contributed by atoms with Crippen molar-refractivity contribution in [2.75, 3.05) is 23.7 Å². The number of hydrogen-bond acceptors (Lipinski definition) is 8. The molecule has 0 atom stereocenters. The molecule has 0 saturated heterocycles. The lowest BCUT2D eigenvalue weighted by molar-refractivity contribution is -0.274. The molecule has 17 heteroatoms. The van der Waals surface area contributed by atoms with Crippen molar-refractivity contribution < 1.29 is 41.8 Å². The van der Waals surface area contributed by atoms with E-state index in [2.05, 4.69) is 35.6 Å². The smallest absolute Gasteiger partial charge is 0.444 e. The standard InChI is InChI=1S/C34H42F3N7O7/c1-21(40-30(47)50-32(2,3)4)38-17-10-18-44(31(48)51-33(5,6)7)20-22-13-15-23(16-14-22)24-19-39-28(42-27(24)45)43-29(46)41-25-11-8-9-12-26(25)49-34(35,36)37/h8-9,11-16,19H,10,17-18,20H2,1-7H3,(H,38,40,47)(H3,39,41,42,43,45,46). The molecule has 0 aliphatic rings. The number of nitrogens with zero attached hydrogens (tertiary/aromatic N) is 3. The summed E-state index contributed by atoms with van der Waals surface area (Å²) in [7, 11) is 0. The molecule has 0 saturated carbocycles. The van der Waals surface area contributed by atoms with Crippen molar-refractivity contribution in [3.05, 3.63) is 70.6 Å². The number of amides is 4. The SMILES string of the molecule is C/C(=N\C(=O)OC(C)(C)C)NCCCN(Cc1ccc(-c2c[nH]c(NC(=O)Nc3ccccc3OC(F)(F)F)nc2=O)cc1)C(=O)OC(C)(C)C. The molecule has 0 unspecified atom stereocenters. The normalized spacial score (nSPS) is 12.1. The highest BCUT2D eigenvalue weighted by Crippen LogP contribution is 2.30. The second-order valence-corrected chi connectivity index (χ2v) is 13.1. The fraction of sp³-hybridized carbons (Fsp3) is 0.412. The Bertz CT molecular complexity index is 1760. The fourth-order valence-electron chi connectivity index (χ4n) is 4.28. The van der Waals surface area contributed by atoms with E-state index in [4.69, 9.17) is 9.47 Å². The molecule has 14 nitrogen and oxygen atoms in total. The van der Waals surface area contributed by atoms with Gasteiger partial charge in [-0.3, -0.25) is 10.1 Å². The molecule has 3 rings (SSSR count). The number of urea groups is 1. The number of carbonyl (C=O) groups is 3. The van der Waals surface area contributed by atoms with E-state index < -0.39 is 47.1 Å². The third-order valence-electron chi connectivity index (χ3n) is 6.32. The number of alkyl halides is 3. The average Bonchev–Trinajstić information content (AvgIpc) is 2.97. The molecule has 0 aliphatic carbocycles. The van der Waals surface area contributed by atoms with E-state index >= 15 is 0 Å². The lowest BCUT2D eigenvalue weighted by atomic mass is 10.1. The van der Waals surface area contributed by atoms with Crippen molar-refractivity contribution in [1.29, 1.82) is 0 Å². The number of halogens is 3. The van der Waals surface area contributed by atoms with E-state index in [-0.39, 0.29) is 23.7 Å². The van der Waals surface area contributed by atoms with Gasteiger partial charge in [0.05, 0.1) is 11.3 Å². The monoisotopic (exact) mass is 717 g/mol. The number of carbonyl (C=O) groups excluding carboxylic acids is 3. The van der Waals surface area contributed by atoms with Gasteiger partial charge in [-0.2, -0.15) is 9.98 Å². The minimum atomic E-state index is -4.97. The summed E-state index contributed by atoms with van der Waals surface area (Å²) in [4.78, 5) is 62.1. The first-order valence-electron chi connectivity index (χ1n) is 15.8. The van der Waals surface area contributed by atoms with Crippen molar-refractivity contribution in [2.24, 2.45) is 4.99 Å². The zero-order valence-corrected chi connectivity index (χ0v) is 29.4. The number of aromatic amines is 1. The summed E-state index contributed by atoms with van der Waals surface area (Å²) in [6.07, 6.45) is -4.36. The number of aromatic nitrogens is 2. The lowest BCUT2D eigenvalue weighted by Crippen LogP contribution is -2.38. The Kier molecular flexibility index (Phi) is 13.2. The zero-order chi connectivity index (χ0) is 38.0. The van der Waals surface area contributed by atoms with Crippen molar-refractivity contribution in [2.45, 2.75) is 79.0 Å². The molecule has 0 aliphatic heterocycles. The van der Waals surface area contributed by atoms with Gasteiger partial charge in [-0.05, 0) is 78.1 Å². The van der Waals surface area contributed by atoms with Crippen LogP contribution in [0.15, 0.2) is 64.5 Å². The Morgan fingerprint density at radius 1 is 0.922 bits per heavy atom. The van der Waals surface area contributed by atoms with Gasteiger partial charge < -0.3 is 34.7 Å². The summed E-state index contributed by atoms with van der Waals surface area (Å²) in [6.45, 7) is 13.1. The largest absolute Gasteiger partial charge is 0.573 e. The van der Waals surface area contributed by atoms with Crippen LogP contribution in [0.1, 0.15) is 60.5 Å². The van der Waals surface area contributed by atoms with Crippen LogP contribution in [0.2, 0.25) is 0 Å². The van der Waals surface area contributed by atoms with Gasteiger partial charge in [-0.25, -0.2) is 14.4 Å². The minimum absolute atomic E-state index is 0.176. The first kappa shape index (κ1) is 39.8. The first-order chi connectivity index (χ1) is 23.7. The zero-order valence-electron chi connectivity index (χ0n) is 29.4. The number of ether oxygens (including phenoxy) is 3. The molecule has 3 aromatic rings. The maximum Gasteiger partial charge on any atom is 0.573 e. The molecule has 0 bridgehead atoms. The van der Waals surface area contributed by atoms with Gasteiger partial charge in [0.1, 0.15) is 17.0 Å². The summed E-state index contributed by atoms with van der Waals surface area (Å²) >= 11 is 0. The van der Waals surface area contributed by atoms with Crippen LogP contribution in [0.25, 0.3) is 11.1 Å². The van der Waals surface area contributed by atoms with Crippen molar-refractivity contribution in [3.63, 3.8) is 0 Å². The Labute approximate surface area is 292 Å². The molecular weight excluding hydrogens is 675 g/mol. The summed E-state index contributed by atoms with van der Waals surface area (Å²) in [5.74, 6) is -0.495. The number of para-hydroxylation sites is 2. The van der Waals surface area contributed by atoms with E-state index in [0.717, 1.165) is 11.6 Å². The molecule has 0 fully saturated rings. The molecule has 2 aromatic carbocycles. The molecule has 0 radical (unpaired) electrons. The van der Waals surface area contributed by atoms with Gasteiger partial charge in [0, 0.05) is 25.8 Å². The second kappa shape index (κ2) is 16.9. The number of anilines is 2. The Morgan fingerprint density at radius 3 is 2.18 bits per heavy atom. The van der Waals surface area contributed by atoms with Crippen LogP contribution in [0, 0.1) is 0 Å². The predicted octanol–water partition coefficient (Wildman–Crippen LogP) is 7.05. The molecule has 1 aromatic heterocycles. The van der Waals surface area contributed by atoms with E-state index in [1.54, 1.807) is 72.7 Å². The lowest BCUT2D eigenvalue weighted by Gasteiger charge is -2.27. The van der Waals surface area contributed by atoms with E-state index in [0.29, 0.717) is 30.9 Å². The van der Waals surface area contributed by atoms with E-state index in [1.807, 2.05) is 0 Å².